The third-order valence-electron chi connectivity index (χ3n) is 5.83. The molecule has 2 aliphatic rings. The molecule has 2 heteroatoms. The normalized spacial score (nSPS) is 28.0. The number of amides is 1. The van der Waals surface area contributed by atoms with Crippen LogP contribution in [0.4, 0.5) is 0 Å². The highest BCUT2D eigenvalue weighted by atomic mass is 16.1. The highest BCUT2D eigenvalue weighted by Gasteiger charge is 2.42. The summed E-state index contributed by atoms with van der Waals surface area (Å²) in [6.07, 6.45) is 5.47. The van der Waals surface area contributed by atoms with E-state index in [9.17, 15) is 4.79 Å². The van der Waals surface area contributed by atoms with Gasteiger partial charge in [0, 0.05) is 11.6 Å². The minimum absolute atomic E-state index is 0.0760. The van der Waals surface area contributed by atoms with Gasteiger partial charge in [0.25, 0.3) is 5.91 Å². The first kappa shape index (κ1) is 13.8. The Bertz CT molecular complexity index is 702. The van der Waals surface area contributed by atoms with Gasteiger partial charge in [-0.05, 0) is 60.8 Å². The summed E-state index contributed by atoms with van der Waals surface area (Å²) in [5, 5.41) is 5.45. The first-order chi connectivity index (χ1) is 10.7. The van der Waals surface area contributed by atoms with Gasteiger partial charge in [-0.15, -0.1) is 0 Å². The van der Waals surface area contributed by atoms with E-state index >= 15 is 0 Å². The Morgan fingerprint density at radius 2 is 1.91 bits per heavy atom. The van der Waals surface area contributed by atoms with E-state index in [-0.39, 0.29) is 11.9 Å². The van der Waals surface area contributed by atoms with Crippen LogP contribution in [-0.2, 0) is 0 Å². The van der Waals surface area contributed by atoms with Crippen LogP contribution >= 0.6 is 0 Å². The maximum Gasteiger partial charge on any atom is 0.252 e. The zero-order valence-corrected chi connectivity index (χ0v) is 13.1. The molecule has 0 radical (unpaired) electrons. The van der Waals surface area contributed by atoms with Crippen LogP contribution in [0.25, 0.3) is 10.8 Å². The van der Waals surface area contributed by atoms with Gasteiger partial charge in [0.1, 0.15) is 0 Å². The lowest BCUT2D eigenvalue weighted by atomic mass is 9.84. The third-order valence-corrected chi connectivity index (χ3v) is 5.83. The van der Waals surface area contributed by atoms with E-state index in [0.717, 1.165) is 28.2 Å². The standard InChI is InChI=1S/C20H23NO/c1-13(19-12-14-9-10-16(19)11-14)21-20(22)18-8-4-6-15-5-2-3-7-17(15)18/h2-8,13-14,16,19H,9-12H2,1H3,(H,21,22)/t13-,14-,16-,19+/m0/s1. The molecular weight excluding hydrogens is 270 g/mol. The summed E-state index contributed by atoms with van der Waals surface area (Å²) < 4.78 is 0. The molecule has 114 valence electrons. The summed E-state index contributed by atoms with van der Waals surface area (Å²) in [7, 11) is 0. The molecule has 0 aromatic heterocycles. The van der Waals surface area contributed by atoms with E-state index in [4.69, 9.17) is 0 Å². The quantitative estimate of drug-likeness (QED) is 0.893. The molecule has 2 nitrogen and oxygen atoms in total. The molecule has 2 aromatic rings. The molecule has 0 aliphatic heterocycles. The Morgan fingerprint density at radius 1 is 1.09 bits per heavy atom. The van der Waals surface area contributed by atoms with Gasteiger partial charge < -0.3 is 5.32 Å². The van der Waals surface area contributed by atoms with Crippen LogP contribution in [0.3, 0.4) is 0 Å². The highest BCUT2D eigenvalue weighted by molar-refractivity contribution is 6.07. The van der Waals surface area contributed by atoms with Crippen LogP contribution in [0.5, 0.6) is 0 Å². The van der Waals surface area contributed by atoms with Crippen LogP contribution in [0, 0.1) is 17.8 Å². The molecule has 0 unspecified atom stereocenters. The molecule has 0 spiro atoms. The number of nitrogens with one attached hydrogen (secondary N) is 1. The van der Waals surface area contributed by atoms with Crippen molar-refractivity contribution >= 4 is 16.7 Å². The van der Waals surface area contributed by atoms with Crippen LogP contribution in [0.1, 0.15) is 43.0 Å². The van der Waals surface area contributed by atoms with Gasteiger partial charge >= 0.3 is 0 Å². The number of hydrogen-bond donors (Lipinski definition) is 1. The fourth-order valence-corrected chi connectivity index (χ4v) is 4.72. The van der Waals surface area contributed by atoms with E-state index in [1.54, 1.807) is 0 Å². The summed E-state index contributed by atoms with van der Waals surface area (Å²) in [5.41, 5.74) is 0.799. The van der Waals surface area contributed by atoms with Gasteiger partial charge in [-0.2, -0.15) is 0 Å². The van der Waals surface area contributed by atoms with Crippen molar-refractivity contribution in [2.75, 3.05) is 0 Å². The second-order valence-electron chi connectivity index (χ2n) is 7.13. The molecule has 0 saturated heterocycles. The van der Waals surface area contributed by atoms with Crippen molar-refractivity contribution in [1.29, 1.82) is 0 Å². The van der Waals surface area contributed by atoms with Gasteiger partial charge in [-0.25, -0.2) is 0 Å². The van der Waals surface area contributed by atoms with Gasteiger partial charge in [-0.3, -0.25) is 4.79 Å². The average molecular weight is 293 g/mol. The van der Waals surface area contributed by atoms with Gasteiger partial charge in [0.15, 0.2) is 0 Å². The number of hydrogen-bond acceptors (Lipinski definition) is 1. The SMILES string of the molecule is C[C@H](NC(=O)c1cccc2ccccc12)[C@H]1C[C@H]2CC[C@H]1C2. The predicted molar refractivity (Wildman–Crippen MR) is 89.8 cm³/mol. The van der Waals surface area contributed by atoms with Crippen molar-refractivity contribution in [2.24, 2.45) is 17.8 Å². The fraction of sp³-hybridized carbons (Fsp3) is 0.450. The second-order valence-corrected chi connectivity index (χ2v) is 7.13. The molecule has 2 aromatic carbocycles. The van der Waals surface area contributed by atoms with Crippen molar-refractivity contribution in [2.45, 2.75) is 38.6 Å². The smallest absolute Gasteiger partial charge is 0.252 e. The van der Waals surface area contributed by atoms with Gasteiger partial charge in [0.05, 0.1) is 0 Å². The van der Waals surface area contributed by atoms with E-state index in [2.05, 4.69) is 24.4 Å². The molecule has 2 aliphatic carbocycles. The Hall–Kier alpha value is -1.83. The average Bonchev–Trinajstić information content (AvgIpc) is 3.17. The maximum absolute atomic E-state index is 12.7. The number of rotatable bonds is 3. The summed E-state index contributed by atoms with van der Waals surface area (Å²) in [5.74, 6) is 2.52. The lowest BCUT2D eigenvalue weighted by Gasteiger charge is -2.28. The van der Waals surface area contributed by atoms with Crippen molar-refractivity contribution in [3.8, 4) is 0 Å². The largest absolute Gasteiger partial charge is 0.349 e. The monoisotopic (exact) mass is 293 g/mol. The van der Waals surface area contributed by atoms with E-state index in [0.29, 0.717) is 5.92 Å². The van der Waals surface area contributed by atoms with E-state index in [1.165, 1.54) is 25.7 Å². The number of fused-ring (bicyclic) bond motifs is 3. The molecule has 4 rings (SSSR count). The lowest BCUT2D eigenvalue weighted by Crippen LogP contribution is -2.40. The molecule has 0 heterocycles. The number of carbonyl (C=O) groups excluding carboxylic acids is 1. The molecule has 1 N–H and O–H groups in total. The van der Waals surface area contributed by atoms with E-state index < -0.39 is 0 Å². The van der Waals surface area contributed by atoms with Crippen molar-refractivity contribution in [1.82, 2.24) is 5.32 Å². The van der Waals surface area contributed by atoms with Crippen molar-refractivity contribution in [3.05, 3.63) is 48.0 Å². The first-order valence-electron chi connectivity index (χ1n) is 8.51. The first-order valence-corrected chi connectivity index (χ1v) is 8.51. The molecule has 22 heavy (non-hydrogen) atoms. The fourth-order valence-electron chi connectivity index (χ4n) is 4.72. The highest BCUT2D eigenvalue weighted by Crippen LogP contribution is 2.49. The van der Waals surface area contributed by atoms with Gasteiger partial charge in [-0.1, -0.05) is 42.8 Å². The van der Waals surface area contributed by atoms with Crippen molar-refractivity contribution < 1.29 is 4.79 Å². The maximum atomic E-state index is 12.7. The summed E-state index contributed by atoms with van der Waals surface area (Å²) in [4.78, 5) is 12.7. The molecule has 4 atom stereocenters. The summed E-state index contributed by atoms with van der Waals surface area (Å²) in [6, 6.07) is 14.4. The zero-order valence-electron chi connectivity index (χ0n) is 13.1. The molecule has 2 saturated carbocycles. The second kappa shape index (κ2) is 5.42. The Balaban J connectivity index is 1.54. The number of benzene rings is 2. The van der Waals surface area contributed by atoms with Crippen LogP contribution in [0.15, 0.2) is 42.5 Å². The molecule has 1 amide bonds. The van der Waals surface area contributed by atoms with Crippen molar-refractivity contribution in [3.63, 3.8) is 0 Å². The Morgan fingerprint density at radius 3 is 2.68 bits per heavy atom. The van der Waals surface area contributed by atoms with Gasteiger partial charge in [0.2, 0.25) is 0 Å². The molecule has 2 fully saturated rings. The number of carbonyl (C=O) groups is 1. The minimum atomic E-state index is 0.0760. The van der Waals surface area contributed by atoms with Crippen LogP contribution < -0.4 is 5.32 Å². The van der Waals surface area contributed by atoms with E-state index in [1.807, 2.05) is 30.3 Å². The predicted octanol–water partition coefficient (Wildman–Crippen LogP) is 4.39. The molecular formula is C20H23NO. The zero-order chi connectivity index (χ0) is 15.1. The van der Waals surface area contributed by atoms with Crippen LogP contribution in [0.2, 0.25) is 0 Å². The lowest BCUT2D eigenvalue weighted by molar-refractivity contribution is 0.0917. The minimum Gasteiger partial charge on any atom is -0.349 e. The Labute approximate surface area is 131 Å². The topological polar surface area (TPSA) is 29.1 Å². The third kappa shape index (κ3) is 2.31. The van der Waals surface area contributed by atoms with Crippen LogP contribution in [-0.4, -0.2) is 11.9 Å². The Kier molecular flexibility index (Phi) is 3.40. The molecule has 2 bridgehead atoms. The summed E-state index contributed by atoms with van der Waals surface area (Å²) >= 11 is 0. The summed E-state index contributed by atoms with van der Waals surface area (Å²) in [6.45, 7) is 2.19.